The molecule has 150 valence electrons. The van der Waals surface area contributed by atoms with Crippen LogP contribution < -0.4 is 76.5 Å². The number of H-pyrrole nitrogens is 1. The first-order chi connectivity index (χ1) is 18.7. The summed E-state index contributed by atoms with van der Waals surface area (Å²) in [6.45, 7) is 0. The predicted molar refractivity (Wildman–Crippen MR) is 184 cm³/mol. The first-order valence-corrected chi connectivity index (χ1v) is 11.7. The molecule has 0 aliphatic heterocycles. The lowest BCUT2D eigenvalue weighted by atomic mass is 9.62. The molecule has 0 unspecified atom stereocenters. The molecule has 6 rings (SSSR count). The average molecular weight is 471 g/mol. The van der Waals surface area contributed by atoms with Gasteiger partial charge < -0.3 is 9.40 Å². The van der Waals surface area contributed by atoms with Crippen LogP contribution in [-0.2, 0) is 0 Å². The van der Waals surface area contributed by atoms with Gasteiger partial charge in [-0.25, -0.2) is 0 Å². The van der Waals surface area contributed by atoms with E-state index in [1.54, 1.807) is 0 Å². The van der Waals surface area contributed by atoms with Crippen molar-refractivity contribution < 1.29 is 4.42 Å². The summed E-state index contributed by atoms with van der Waals surface area (Å²) >= 11 is 0. The zero-order chi connectivity index (χ0) is 29.3. The van der Waals surface area contributed by atoms with Gasteiger partial charge in [-0.15, -0.1) is 27.3 Å². The van der Waals surface area contributed by atoms with Gasteiger partial charge in [0.05, 0.1) is 0 Å². The lowest BCUT2D eigenvalue weighted by Crippen LogP contribution is -2.48. The molecule has 4 aromatic carbocycles. The molecule has 0 aliphatic carbocycles. The van der Waals surface area contributed by atoms with Crippen LogP contribution in [0.15, 0.2) is 4.42 Å². The molecular weight excluding hydrogens is 470 g/mol. The summed E-state index contributed by atoms with van der Waals surface area (Å²) in [5, 5.41) is 1.34. The lowest BCUT2D eigenvalue weighted by Gasteiger charge is -2.22. The topological polar surface area (TPSA) is 28.9 Å². The number of nitrogens with one attached hydrogen (secondary N) is 1. The molecule has 0 bridgehead atoms. The molecule has 0 fully saturated rings. The Hall–Kier alpha value is -2.61. The molecule has 2 nitrogen and oxygen atoms in total. The van der Waals surface area contributed by atoms with Crippen molar-refractivity contribution in [3.8, 4) is 11.1 Å². The highest BCUT2D eigenvalue weighted by Gasteiger charge is 2.26. The van der Waals surface area contributed by atoms with Crippen LogP contribution in [0.1, 0.15) is 0 Å². The van der Waals surface area contributed by atoms with Crippen LogP contribution in [-0.4, -0.2) is 115 Å². The minimum atomic E-state index is 0.00961. The maximum atomic E-state index is 6.81. The molecule has 0 saturated carbocycles. The lowest BCUT2D eigenvalue weighted by molar-refractivity contribution is 0.673. The molecule has 0 saturated heterocycles. The molecule has 16 heteroatoms. The van der Waals surface area contributed by atoms with Crippen LogP contribution >= 0.6 is 0 Å². The zero-order valence-corrected chi connectivity index (χ0v) is 21.0. The number of benzene rings is 4. The summed E-state index contributed by atoms with van der Waals surface area (Å²) in [5.41, 5.74) is 2.42. The van der Waals surface area contributed by atoms with Crippen molar-refractivity contribution in [3.05, 3.63) is 0 Å². The van der Waals surface area contributed by atoms with E-state index in [4.69, 9.17) is 114 Å². The van der Waals surface area contributed by atoms with Gasteiger partial charge in [-0.05, 0) is 16.3 Å². The van der Waals surface area contributed by atoms with Crippen LogP contribution in [0.5, 0.6) is 0 Å². The molecule has 1 N–H and O–H groups in total. The average Bonchev–Trinajstić information content (AvgIpc) is 3.52. The smallest absolute Gasteiger partial charge is 0.141 e. The van der Waals surface area contributed by atoms with Crippen molar-refractivity contribution in [1.29, 1.82) is 0 Å². The molecule has 40 heavy (non-hydrogen) atoms. The Kier molecular flexibility index (Phi) is 6.16. The van der Waals surface area contributed by atoms with Gasteiger partial charge in [-0.1, -0.05) is 49.2 Å². The van der Waals surface area contributed by atoms with E-state index in [0.717, 1.165) is 0 Å². The van der Waals surface area contributed by atoms with Gasteiger partial charge in [-0.2, -0.15) is 0 Å². The molecular formula is C24HB14NO. The van der Waals surface area contributed by atoms with Crippen LogP contribution in [0.3, 0.4) is 0 Å². The van der Waals surface area contributed by atoms with Gasteiger partial charge in [0.25, 0.3) is 0 Å². The van der Waals surface area contributed by atoms with Gasteiger partial charge >= 0.3 is 0 Å². The fourth-order valence-corrected chi connectivity index (χ4v) is 5.45. The normalized spacial score (nSPS) is 11.9. The number of furan rings is 1. The van der Waals surface area contributed by atoms with Crippen LogP contribution in [0, 0.1) is 0 Å². The number of aromatic amines is 1. The van der Waals surface area contributed by atoms with Gasteiger partial charge in [0.1, 0.15) is 121 Å². The SMILES string of the molecule is [B]c1c([B])c([B])c2c([nH]c3c([B])c([B])c(-c4c([B])c([B])c([B])c5c4oc4c([B])c([B])c([B])c([B])c45)c([B])c32)c1[B]. The number of fused-ring (bicyclic) bond motifs is 6. The number of rotatable bonds is 1. The van der Waals surface area contributed by atoms with Crippen LogP contribution in [0.2, 0.25) is 0 Å². The monoisotopic (exact) mass is 473 g/mol. The Morgan fingerprint density at radius 2 is 0.675 bits per heavy atom. The molecule has 0 amide bonds. The fourth-order valence-electron chi connectivity index (χ4n) is 5.45. The minimum Gasteiger partial charge on any atom is -0.456 e. The molecule has 0 atom stereocenters. The second-order valence-corrected chi connectivity index (χ2v) is 9.68. The van der Waals surface area contributed by atoms with Crippen LogP contribution in [0.25, 0.3) is 54.9 Å². The Morgan fingerprint density at radius 1 is 0.300 bits per heavy atom. The molecule has 2 aromatic heterocycles. The highest BCUT2D eigenvalue weighted by Crippen LogP contribution is 2.31. The van der Waals surface area contributed by atoms with Crippen molar-refractivity contribution in [2.75, 3.05) is 0 Å². The summed E-state index contributed by atoms with van der Waals surface area (Å²) in [4.78, 5) is 3.12. The second kappa shape index (κ2) is 8.94. The van der Waals surface area contributed by atoms with E-state index in [0.29, 0.717) is 27.2 Å². The predicted octanol–water partition coefficient (Wildman–Crippen LogP) is -10.00. The zero-order valence-electron chi connectivity index (χ0n) is 21.0. The number of hydrogen-bond donors (Lipinski definition) is 1. The third-order valence-electron chi connectivity index (χ3n) is 7.67. The molecule has 0 aliphatic rings. The number of hydrogen-bond acceptors (Lipinski definition) is 1. The summed E-state index contributed by atoms with van der Waals surface area (Å²) < 4.78 is 6.21. The van der Waals surface area contributed by atoms with E-state index < -0.39 is 0 Å². The van der Waals surface area contributed by atoms with Gasteiger partial charge in [0, 0.05) is 27.4 Å². The Morgan fingerprint density at radius 3 is 1.25 bits per heavy atom. The summed E-state index contributed by atoms with van der Waals surface area (Å²) in [6.07, 6.45) is 0. The van der Waals surface area contributed by atoms with Crippen LogP contribution in [0.4, 0.5) is 0 Å². The molecule has 28 radical (unpaired) electrons. The largest absolute Gasteiger partial charge is 0.456 e. The van der Waals surface area contributed by atoms with Crippen molar-refractivity contribution in [2.45, 2.75) is 0 Å². The molecule has 6 aromatic rings. The van der Waals surface area contributed by atoms with Crippen molar-refractivity contribution in [3.63, 3.8) is 0 Å². The van der Waals surface area contributed by atoms with E-state index in [-0.39, 0.29) is 104 Å². The summed E-state index contributed by atoms with van der Waals surface area (Å²) in [7, 11) is 88.9. The van der Waals surface area contributed by atoms with Crippen molar-refractivity contribution >= 4 is 230 Å². The first-order valence-electron chi connectivity index (χ1n) is 11.7. The Balaban J connectivity index is 1.90. The number of aromatic nitrogens is 1. The van der Waals surface area contributed by atoms with E-state index >= 15 is 0 Å². The van der Waals surface area contributed by atoms with Crippen molar-refractivity contribution in [2.24, 2.45) is 0 Å². The van der Waals surface area contributed by atoms with Gasteiger partial charge in [0.15, 0.2) is 0 Å². The van der Waals surface area contributed by atoms with E-state index in [9.17, 15) is 0 Å². The molecule has 0 spiro atoms. The third-order valence-corrected chi connectivity index (χ3v) is 7.67. The Bertz CT molecular complexity index is 2160. The summed E-state index contributed by atoms with van der Waals surface area (Å²) in [6, 6.07) is 0. The maximum absolute atomic E-state index is 6.81. The van der Waals surface area contributed by atoms with Crippen molar-refractivity contribution in [1.82, 2.24) is 4.98 Å². The fraction of sp³-hybridized carbons (Fsp3) is 0. The van der Waals surface area contributed by atoms with Gasteiger partial charge in [0.2, 0.25) is 0 Å². The standard InChI is InChI=1S/C24HB14NO/c25-7-1(8(26)18(36)21-2(7)3-9(27)14(32)16(34)19(37)22(3)39-21)4-10(28)13(31)11(29)5-6-12(30)15(33)17(35)20(38)24(6)40-23(4)5/h39H. The highest BCUT2D eigenvalue weighted by atomic mass is 16.3. The third kappa shape index (κ3) is 3.26. The minimum absolute atomic E-state index is 0.00961. The highest BCUT2D eigenvalue weighted by molar-refractivity contribution is 6.72. The molecule has 2 heterocycles. The Labute approximate surface area is 249 Å². The van der Waals surface area contributed by atoms with E-state index in [1.807, 2.05) is 0 Å². The second-order valence-electron chi connectivity index (χ2n) is 9.68. The summed E-state index contributed by atoms with van der Waals surface area (Å²) in [5.74, 6) is 0. The maximum Gasteiger partial charge on any atom is 0.141 e. The quantitative estimate of drug-likeness (QED) is 0.238. The van der Waals surface area contributed by atoms with E-state index in [1.165, 1.54) is 0 Å². The van der Waals surface area contributed by atoms with E-state index in [2.05, 4.69) is 4.98 Å². The first kappa shape index (κ1) is 27.6. The van der Waals surface area contributed by atoms with Gasteiger partial charge in [-0.3, -0.25) is 0 Å².